The van der Waals surface area contributed by atoms with Gasteiger partial charge in [-0.1, -0.05) is 34.1 Å². The van der Waals surface area contributed by atoms with Crippen LogP contribution in [-0.4, -0.2) is 6.61 Å². The summed E-state index contributed by atoms with van der Waals surface area (Å²) in [5.74, 6) is -0.837. The maximum Gasteiger partial charge on any atom is 0.132 e. The lowest BCUT2D eigenvalue weighted by atomic mass is 9.97. The molecule has 0 aromatic heterocycles. The maximum atomic E-state index is 14.0. The van der Waals surface area contributed by atoms with E-state index in [1.807, 2.05) is 6.92 Å². The van der Waals surface area contributed by atoms with E-state index in [1.165, 1.54) is 12.1 Å². The minimum atomic E-state index is -0.925. The molecule has 0 bridgehead atoms. The molecule has 0 fully saturated rings. The van der Waals surface area contributed by atoms with Crippen LogP contribution in [0.3, 0.4) is 0 Å². The van der Waals surface area contributed by atoms with Crippen molar-refractivity contribution < 1.29 is 13.5 Å². The monoisotopic (exact) mass is 341 g/mol. The van der Waals surface area contributed by atoms with Crippen molar-refractivity contribution in [3.8, 4) is 5.75 Å². The average molecular weight is 342 g/mol. The standard InChI is InChI=1S/C15H14BrF2NO/c1-2-20-13-6-4-3-5-10(13)15(19)14-11(17)7-9(16)8-12(14)18/h3-8,15H,2,19H2,1H3. The Morgan fingerprint density at radius 3 is 2.40 bits per heavy atom. The van der Waals surface area contributed by atoms with Gasteiger partial charge < -0.3 is 10.5 Å². The number of para-hydroxylation sites is 1. The molecule has 20 heavy (non-hydrogen) atoms. The number of nitrogens with two attached hydrogens (primary N) is 1. The Kier molecular flexibility index (Phi) is 4.73. The lowest BCUT2D eigenvalue weighted by molar-refractivity contribution is 0.335. The van der Waals surface area contributed by atoms with Crippen LogP contribution in [-0.2, 0) is 0 Å². The highest BCUT2D eigenvalue weighted by molar-refractivity contribution is 9.10. The van der Waals surface area contributed by atoms with E-state index in [0.29, 0.717) is 22.4 Å². The Hall–Kier alpha value is -1.46. The average Bonchev–Trinajstić information content (AvgIpc) is 2.38. The summed E-state index contributed by atoms with van der Waals surface area (Å²) in [6.45, 7) is 2.29. The number of ether oxygens (including phenoxy) is 1. The Morgan fingerprint density at radius 1 is 1.20 bits per heavy atom. The normalized spacial score (nSPS) is 12.2. The number of benzene rings is 2. The summed E-state index contributed by atoms with van der Waals surface area (Å²) in [5.41, 5.74) is 6.41. The maximum absolute atomic E-state index is 14.0. The molecule has 1 atom stereocenters. The van der Waals surface area contributed by atoms with Crippen LogP contribution in [0.5, 0.6) is 5.75 Å². The van der Waals surface area contributed by atoms with Crippen molar-refractivity contribution in [2.75, 3.05) is 6.61 Å². The van der Waals surface area contributed by atoms with Gasteiger partial charge in [-0.15, -0.1) is 0 Å². The third-order valence-corrected chi connectivity index (χ3v) is 3.37. The second-order valence-electron chi connectivity index (χ2n) is 4.23. The molecule has 0 heterocycles. The highest BCUT2D eigenvalue weighted by Gasteiger charge is 2.21. The number of halogens is 3. The largest absolute Gasteiger partial charge is 0.494 e. The molecule has 2 aromatic carbocycles. The fraction of sp³-hybridized carbons (Fsp3) is 0.200. The van der Waals surface area contributed by atoms with E-state index in [9.17, 15) is 8.78 Å². The van der Waals surface area contributed by atoms with Crippen molar-refractivity contribution in [1.29, 1.82) is 0 Å². The Balaban J connectivity index is 2.49. The Labute approximate surface area is 124 Å². The molecule has 2 aromatic rings. The number of hydrogen-bond donors (Lipinski definition) is 1. The van der Waals surface area contributed by atoms with Gasteiger partial charge in [-0.05, 0) is 25.1 Å². The number of rotatable bonds is 4. The smallest absolute Gasteiger partial charge is 0.132 e. The lowest BCUT2D eigenvalue weighted by Gasteiger charge is -2.18. The van der Waals surface area contributed by atoms with E-state index in [2.05, 4.69) is 15.9 Å². The summed E-state index contributed by atoms with van der Waals surface area (Å²) in [6.07, 6.45) is 0. The van der Waals surface area contributed by atoms with Gasteiger partial charge >= 0.3 is 0 Å². The second kappa shape index (κ2) is 6.33. The highest BCUT2D eigenvalue weighted by atomic mass is 79.9. The van der Waals surface area contributed by atoms with Crippen LogP contribution in [0.25, 0.3) is 0 Å². The molecule has 0 aliphatic carbocycles. The molecule has 0 spiro atoms. The van der Waals surface area contributed by atoms with E-state index < -0.39 is 17.7 Å². The van der Waals surface area contributed by atoms with Crippen molar-refractivity contribution in [3.63, 3.8) is 0 Å². The first-order chi connectivity index (χ1) is 9.54. The van der Waals surface area contributed by atoms with Gasteiger partial charge in [0.1, 0.15) is 17.4 Å². The van der Waals surface area contributed by atoms with Gasteiger partial charge in [-0.3, -0.25) is 0 Å². The topological polar surface area (TPSA) is 35.2 Å². The predicted octanol–water partition coefficient (Wildman–Crippen LogP) is 4.17. The third-order valence-electron chi connectivity index (χ3n) is 2.91. The molecule has 2 rings (SSSR count). The first-order valence-corrected chi connectivity index (χ1v) is 6.95. The first kappa shape index (κ1) is 14.9. The van der Waals surface area contributed by atoms with Gasteiger partial charge in [0.15, 0.2) is 0 Å². The SMILES string of the molecule is CCOc1ccccc1C(N)c1c(F)cc(Br)cc1F. The zero-order valence-corrected chi connectivity index (χ0v) is 12.5. The zero-order chi connectivity index (χ0) is 14.7. The van der Waals surface area contributed by atoms with Crippen molar-refractivity contribution in [2.24, 2.45) is 5.73 Å². The number of hydrogen-bond acceptors (Lipinski definition) is 2. The molecule has 5 heteroatoms. The van der Waals surface area contributed by atoms with Gasteiger partial charge in [-0.25, -0.2) is 8.78 Å². The van der Waals surface area contributed by atoms with Crippen LogP contribution in [0.2, 0.25) is 0 Å². The van der Waals surface area contributed by atoms with Crippen LogP contribution in [0.1, 0.15) is 24.1 Å². The minimum absolute atomic E-state index is 0.166. The Morgan fingerprint density at radius 2 is 1.80 bits per heavy atom. The zero-order valence-electron chi connectivity index (χ0n) is 10.9. The minimum Gasteiger partial charge on any atom is -0.494 e. The fourth-order valence-corrected chi connectivity index (χ4v) is 2.43. The predicted molar refractivity (Wildman–Crippen MR) is 77.7 cm³/mol. The van der Waals surface area contributed by atoms with Crippen LogP contribution in [0.15, 0.2) is 40.9 Å². The summed E-state index contributed by atoms with van der Waals surface area (Å²) >= 11 is 3.05. The van der Waals surface area contributed by atoms with Crippen LogP contribution in [0, 0.1) is 11.6 Å². The molecule has 0 saturated heterocycles. The van der Waals surface area contributed by atoms with E-state index in [1.54, 1.807) is 24.3 Å². The van der Waals surface area contributed by atoms with Gasteiger partial charge in [0.05, 0.1) is 12.6 Å². The Bertz CT molecular complexity index is 596. The summed E-state index contributed by atoms with van der Waals surface area (Å²) < 4.78 is 33.7. The second-order valence-corrected chi connectivity index (χ2v) is 5.15. The third kappa shape index (κ3) is 2.99. The molecule has 106 valence electrons. The van der Waals surface area contributed by atoms with Crippen molar-refractivity contribution in [2.45, 2.75) is 13.0 Å². The molecule has 0 aliphatic rings. The molecule has 0 saturated carbocycles. The molecule has 2 N–H and O–H groups in total. The van der Waals surface area contributed by atoms with E-state index >= 15 is 0 Å². The fourth-order valence-electron chi connectivity index (χ4n) is 2.03. The van der Waals surface area contributed by atoms with E-state index in [0.717, 1.165) is 0 Å². The van der Waals surface area contributed by atoms with E-state index in [-0.39, 0.29) is 5.56 Å². The van der Waals surface area contributed by atoms with Crippen molar-refractivity contribution in [1.82, 2.24) is 0 Å². The van der Waals surface area contributed by atoms with Crippen LogP contribution < -0.4 is 10.5 Å². The summed E-state index contributed by atoms with van der Waals surface area (Å²) in [6, 6.07) is 8.44. The van der Waals surface area contributed by atoms with Crippen LogP contribution >= 0.6 is 15.9 Å². The lowest BCUT2D eigenvalue weighted by Crippen LogP contribution is -2.17. The van der Waals surface area contributed by atoms with Gasteiger partial charge in [0, 0.05) is 15.6 Å². The molecule has 2 nitrogen and oxygen atoms in total. The molecule has 0 radical (unpaired) electrons. The summed E-state index contributed by atoms with van der Waals surface area (Å²) in [4.78, 5) is 0. The quantitative estimate of drug-likeness (QED) is 0.905. The van der Waals surface area contributed by atoms with Crippen LogP contribution in [0.4, 0.5) is 8.78 Å². The molecule has 0 aliphatic heterocycles. The van der Waals surface area contributed by atoms with Crippen molar-refractivity contribution in [3.05, 3.63) is 63.6 Å². The molecule has 1 unspecified atom stereocenters. The van der Waals surface area contributed by atoms with Gasteiger partial charge in [-0.2, -0.15) is 0 Å². The highest BCUT2D eigenvalue weighted by Crippen LogP contribution is 2.32. The van der Waals surface area contributed by atoms with Crippen molar-refractivity contribution >= 4 is 15.9 Å². The summed E-state index contributed by atoms with van der Waals surface area (Å²) in [5, 5.41) is 0. The molecular formula is C15H14BrF2NO. The van der Waals surface area contributed by atoms with E-state index in [4.69, 9.17) is 10.5 Å². The molecule has 0 amide bonds. The van der Waals surface area contributed by atoms with Gasteiger partial charge in [0.2, 0.25) is 0 Å². The molecular weight excluding hydrogens is 328 g/mol. The summed E-state index contributed by atoms with van der Waals surface area (Å²) in [7, 11) is 0. The first-order valence-electron chi connectivity index (χ1n) is 6.16. The van der Waals surface area contributed by atoms with Gasteiger partial charge in [0.25, 0.3) is 0 Å².